The van der Waals surface area contributed by atoms with Gasteiger partial charge in [-0.2, -0.15) is 0 Å². The van der Waals surface area contributed by atoms with Gasteiger partial charge in [0.25, 0.3) is 0 Å². The van der Waals surface area contributed by atoms with Crippen LogP contribution in [0.5, 0.6) is 0 Å². The number of hydrogen-bond donors (Lipinski definition) is 0. The van der Waals surface area contributed by atoms with E-state index in [9.17, 15) is 0 Å². The van der Waals surface area contributed by atoms with E-state index in [1.807, 2.05) is 0 Å². The normalized spacial score (nSPS) is 0. The van der Waals surface area contributed by atoms with Crippen molar-refractivity contribution >= 4 is 76.9 Å². The summed E-state index contributed by atoms with van der Waals surface area (Å²) in [7, 11) is 0. The molecule has 0 aromatic carbocycles. The van der Waals surface area contributed by atoms with Gasteiger partial charge in [-0.1, -0.05) is 0 Å². The number of rotatable bonds is 0. The molecule has 0 N–H and O–H groups in total. The van der Waals surface area contributed by atoms with Crippen molar-refractivity contribution in [2.75, 3.05) is 0 Å². The largest absolute Gasteiger partial charge is 0 e. The molecule has 0 amide bonds. The van der Waals surface area contributed by atoms with Crippen LogP contribution in [0.3, 0.4) is 0 Å². The Bertz CT molecular complexity index is 15.5. The molecule has 0 saturated carbocycles. The van der Waals surface area contributed by atoms with Crippen LogP contribution in [0, 0.1) is 0 Å². The minimum absolute atomic E-state index is 0. The summed E-state index contributed by atoms with van der Waals surface area (Å²) >= 11 is 0. The summed E-state index contributed by atoms with van der Waals surface area (Å²) in [6.07, 6.45) is 0. The maximum absolute atomic E-state index is 0. The van der Waals surface area contributed by atoms with Gasteiger partial charge in [-0.25, -0.2) is 0 Å². The molecule has 0 spiro atoms. The fourth-order valence-electron chi connectivity index (χ4n) is 0. The molecule has 0 aliphatic carbocycles. The van der Waals surface area contributed by atoms with Crippen LogP contribution in [0.1, 0.15) is 0 Å². The molecular formula is BCoCuMgSrZn. The predicted octanol–water partition coefficient (Wildman–Crippen LogP) is -1.15. The van der Waals surface area contributed by atoms with Crippen LogP contribution in [-0.4, -0.2) is 76.9 Å². The molecule has 0 aliphatic heterocycles. The van der Waals surface area contributed by atoms with E-state index in [1.54, 1.807) is 0 Å². The molecule has 9 radical (unpaired) electrons. The van der Waals surface area contributed by atoms with Crippen LogP contribution in [0.25, 0.3) is 0 Å². The van der Waals surface area contributed by atoms with Crippen molar-refractivity contribution in [3.63, 3.8) is 0 Å². The zero-order valence-corrected chi connectivity index (χ0v) is 13.2. The monoisotopic (exact) mass is 309 g/mol. The van der Waals surface area contributed by atoms with Gasteiger partial charge in [-0.3, -0.25) is 0 Å². The number of hydrogen-bond acceptors (Lipinski definition) is 0. The maximum Gasteiger partial charge on any atom is 0 e. The minimum Gasteiger partial charge on any atom is 0 e. The van der Waals surface area contributed by atoms with Gasteiger partial charge in [0.2, 0.25) is 0 Å². The van der Waals surface area contributed by atoms with Crippen LogP contribution in [-0.2, 0) is 53.3 Å². The Morgan fingerprint density at radius 3 is 1.00 bits per heavy atom. The molecule has 0 atom stereocenters. The molecular weight excluding hydrogens is 311 g/mol. The molecule has 0 nitrogen and oxygen atoms in total. The summed E-state index contributed by atoms with van der Waals surface area (Å²) in [5, 5.41) is 0. The molecule has 6 heteroatoms. The zero-order chi connectivity index (χ0) is 0. The molecule has 29 valence electrons. The summed E-state index contributed by atoms with van der Waals surface area (Å²) in [6.45, 7) is 0. The molecule has 0 heterocycles. The molecule has 0 aromatic heterocycles. The van der Waals surface area contributed by atoms with Gasteiger partial charge in [-0.15, -0.1) is 0 Å². The summed E-state index contributed by atoms with van der Waals surface area (Å²) < 4.78 is 0. The molecule has 0 unspecified atom stereocenters. The average Bonchev–Trinajstić information content (AvgIpc) is 0. The fraction of sp³-hybridized carbons (Fsp3) is 0. The third-order valence-electron chi connectivity index (χ3n) is 0. The van der Waals surface area contributed by atoms with Gasteiger partial charge < -0.3 is 0 Å². The van der Waals surface area contributed by atoms with Crippen molar-refractivity contribution in [3.05, 3.63) is 0 Å². The van der Waals surface area contributed by atoms with E-state index in [0.29, 0.717) is 0 Å². The van der Waals surface area contributed by atoms with Crippen molar-refractivity contribution in [2.24, 2.45) is 0 Å². The molecule has 6 heavy (non-hydrogen) atoms. The Hall–Kier alpha value is 3.96. The third-order valence-corrected chi connectivity index (χ3v) is 0. The Morgan fingerprint density at radius 1 is 1.00 bits per heavy atom. The fourth-order valence-corrected chi connectivity index (χ4v) is 0. The first-order valence-electron chi connectivity index (χ1n) is 0. The summed E-state index contributed by atoms with van der Waals surface area (Å²) in [6, 6.07) is 0. The first-order valence-corrected chi connectivity index (χ1v) is 0. The topological polar surface area (TPSA) is 0 Å². The van der Waals surface area contributed by atoms with Gasteiger partial charge in [0.05, 0.1) is 0 Å². The molecule has 0 saturated heterocycles. The minimum atomic E-state index is 0. The van der Waals surface area contributed by atoms with Gasteiger partial charge in [-0.05, 0) is 0 Å². The molecule has 0 aromatic rings. The molecule has 0 fully saturated rings. The van der Waals surface area contributed by atoms with E-state index in [2.05, 4.69) is 0 Å². The van der Waals surface area contributed by atoms with Crippen molar-refractivity contribution in [1.29, 1.82) is 0 Å². The SMILES string of the molecule is [B].[Co].[Cu].[Mg].[Sr].[Zn]. The maximum atomic E-state index is 0. The average molecular weight is 311 g/mol. The molecule has 0 rings (SSSR count). The van der Waals surface area contributed by atoms with E-state index < -0.39 is 0 Å². The summed E-state index contributed by atoms with van der Waals surface area (Å²) in [4.78, 5) is 0. The van der Waals surface area contributed by atoms with E-state index >= 15 is 0 Å². The Kier molecular flexibility index (Phi) is 308. The van der Waals surface area contributed by atoms with Crippen molar-refractivity contribution in [2.45, 2.75) is 0 Å². The van der Waals surface area contributed by atoms with Crippen LogP contribution < -0.4 is 0 Å². The van der Waals surface area contributed by atoms with Gasteiger partial charge in [0.1, 0.15) is 0 Å². The second-order valence-electron chi connectivity index (χ2n) is 0. The van der Waals surface area contributed by atoms with Crippen LogP contribution in [0.15, 0.2) is 0 Å². The van der Waals surface area contributed by atoms with Crippen LogP contribution >= 0.6 is 0 Å². The summed E-state index contributed by atoms with van der Waals surface area (Å²) in [5.41, 5.74) is 0. The first-order chi connectivity index (χ1) is 0. The van der Waals surface area contributed by atoms with E-state index in [0.717, 1.165) is 0 Å². The van der Waals surface area contributed by atoms with Gasteiger partial charge in [0, 0.05) is 130 Å². The van der Waals surface area contributed by atoms with E-state index in [-0.39, 0.29) is 130 Å². The second kappa shape index (κ2) is 36.2. The van der Waals surface area contributed by atoms with Crippen LogP contribution in [0.2, 0.25) is 0 Å². The van der Waals surface area contributed by atoms with Gasteiger partial charge in [0.15, 0.2) is 0 Å². The quantitative estimate of drug-likeness (QED) is 0.496. The second-order valence-corrected chi connectivity index (χ2v) is 0. The van der Waals surface area contributed by atoms with Crippen molar-refractivity contribution in [3.8, 4) is 0 Å². The van der Waals surface area contributed by atoms with E-state index in [1.165, 1.54) is 0 Å². The Balaban J connectivity index is 0. The molecule has 0 aliphatic rings. The smallest absolute Gasteiger partial charge is 0 e. The van der Waals surface area contributed by atoms with Crippen molar-refractivity contribution < 1.29 is 53.3 Å². The first kappa shape index (κ1) is 51.0. The standard InChI is InChI=1S/B.Co.Cu.Mg.Sr.Zn. The zero-order valence-electron chi connectivity index (χ0n) is 3.33. The third kappa shape index (κ3) is 24.6. The van der Waals surface area contributed by atoms with E-state index in [4.69, 9.17) is 0 Å². The Morgan fingerprint density at radius 2 is 1.00 bits per heavy atom. The predicted molar refractivity (Wildman–Crippen MR) is 17.3 cm³/mol. The van der Waals surface area contributed by atoms with Gasteiger partial charge >= 0.3 is 0 Å². The molecule has 0 bridgehead atoms. The van der Waals surface area contributed by atoms with Crippen molar-refractivity contribution in [1.82, 2.24) is 0 Å². The Labute approximate surface area is 127 Å². The van der Waals surface area contributed by atoms with Crippen LogP contribution in [0.4, 0.5) is 0 Å². The summed E-state index contributed by atoms with van der Waals surface area (Å²) in [5.74, 6) is 0.